The first-order valence-corrected chi connectivity index (χ1v) is 5.28. The number of unbranched alkanes of at least 4 members (excludes halogenated alkanes) is 1. The number of anilines is 1. The van der Waals surface area contributed by atoms with Crippen molar-refractivity contribution in [2.24, 2.45) is 0 Å². The van der Waals surface area contributed by atoms with Crippen molar-refractivity contribution < 1.29 is 9.47 Å². The Morgan fingerprint density at radius 1 is 1.27 bits per heavy atom. The van der Waals surface area contributed by atoms with Gasteiger partial charge in [0, 0.05) is 24.8 Å². The van der Waals surface area contributed by atoms with E-state index in [1.54, 1.807) is 25.3 Å². The summed E-state index contributed by atoms with van der Waals surface area (Å²) in [6, 6.07) is 5.22. The molecular formula is C11H16ClNO2. The van der Waals surface area contributed by atoms with E-state index >= 15 is 0 Å². The Hall–Kier alpha value is -0.930. The van der Waals surface area contributed by atoms with Crippen molar-refractivity contribution in [1.29, 1.82) is 0 Å². The second kappa shape index (κ2) is 6.53. The monoisotopic (exact) mass is 229 g/mol. The van der Waals surface area contributed by atoms with Gasteiger partial charge in [0.1, 0.15) is 5.75 Å². The molecule has 0 radical (unpaired) electrons. The summed E-state index contributed by atoms with van der Waals surface area (Å²) in [5.74, 6) is 0.653. The number of halogens is 1. The number of hydrogen-bond donors (Lipinski definition) is 1. The lowest BCUT2D eigenvalue weighted by molar-refractivity contribution is 0.184. The van der Waals surface area contributed by atoms with Gasteiger partial charge < -0.3 is 15.2 Å². The molecule has 0 saturated carbocycles. The Labute approximate surface area is 95.1 Å². The molecule has 15 heavy (non-hydrogen) atoms. The second-order valence-corrected chi connectivity index (χ2v) is 3.67. The molecule has 1 aromatic rings. The van der Waals surface area contributed by atoms with E-state index in [0.717, 1.165) is 19.4 Å². The average molecular weight is 230 g/mol. The minimum absolute atomic E-state index is 0.617. The molecule has 1 aromatic carbocycles. The number of hydrogen-bond acceptors (Lipinski definition) is 3. The topological polar surface area (TPSA) is 44.5 Å². The summed E-state index contributed by atoms with van der Waals surface area (Å²) in [6.45, 7) is 1.39. The number of nitrogens with two attached hydrogens (primary N) is 1. The molecule has 0 saturated heterocycles. The van der Waals surface area contributed by atoms with Crippen molar-refractivity contribution in [2.75, 3.05) is 26.1 Å². The van der Waals surface area contributed by atoms with Crippen molar-refractivity contribution in [2.45, 2.75) is 12.8 Å². The van der Waals surface area contributed by atoms with Gasteiger partial charge in [-0.2, -0.15) is 0 Å². The zero-order chi connectivity index (χ0) is 11.1. The molecule has 0 unspecified atom stereocenters. The first-order valence-electron chi connectivity index (χ1n) is 4.91. The highest BCUT2D eigenvalue weighted by Crippen LogP contribution is 2.25. The molecule has 2 N–H and O–H groups in total. The van der Waals surface area contributed by atoms with E-state index in [0.29, 0.717) is 23.1 Å². The molecule has 4 heteroatoms. The molecule has 0 heterocycles. The number of rotatable bonds is 6. The van der Waals surface area contributed by atoms with Crippen LogP contribution in [0.1, 0.15) is 12.8 Å². The highest BCUT2D eigenvalue weighted by Gasteiger charge is 2.00. The third-order valence-electron chi connectivity index (χ3n) is 1.98. The first kappa shape index (κ1) is 12.1. The van der Waals surface area contributed by atoms with Crippen LogP contribution in [0.5, 0.6) is 5.75 Å². The van der Waals surface area contributed by atoms with Crippen LogP contribution in [0.4, 0.5) is 5.69 Å². The molecule has 0 aliphatic carbocycles. The fourth-order valence-corrected chi connectivity index (χ4v) is 1.33. The van der Waals surface area contributed by atoms with Gasteiger partial charge in [0.05, 0.1) is 12.3 Å². The number of benzene rings is 1. The van der Waals surface area contributed by atoms with Gasteiger partial charge in [0.2, 0.25) is 0 Å². The molecule has 0 aliphatic rings. The molecular weight excluding hydrogens is 214 g/mol. The fourth-order valence-electron chi connectivity index (χ4n) is 1.16. The van der Waals surface area contributed by atoms with E-state index in [1.807, 2.05) is 0 Å². The zero-order valence-corrected chi connectivity index (χ0v) is 9.59. The van der Waals surface area contributed by atoms with Gasteiger partial charge in [-0.3, -0.25) is 0 Å². The fraction of sp³-hybridized carbons (Fsp3) is 0.455. The molecule has 0 aliphatic heterocycles. The maximum absolute atomic E-state index is 5.82. The Kier molecular flexibility index (Phi) is 5.29. The highest BCUT2D eigenvalue weighted by molar-refractivity contribution is 6.30. The maximum Gasteiger partial charge on any atom is 0.143 e. The van der Waals surface area contributed by atoms with Crippen LogP contribution in [-0.2, 0) is 4.74 Å². The van der Waals surface area contributed by atoms with Crippen LogP contribution in [0.25, 0.3) is 0 Å². The third-order valence-corrected chi connectivity index (χ3v) is 2.21. The Bertz CT molecular complexity index is 305. The molecule has 0 atom stereocenters. The quantitative estimate of drug-likeness (QED) is 0.603. The van der Waals surface area contributed by atoms with Gasteiger partial charge in [-0.05, 0) is 25.0 Å². The van der Waals surface area contributed by atoms with Gasteiger partial charge in [-0.25, -0.2) is 0 Å². The normalized spacial score (nSPS) is 10.3. The number of methoxy groups -OCH3 is 1. The van der Waals surface area contributed by atoms with E-state index in [9.17, 15) is 0 Å². The molecule has 3 nitrogen and oxygen atoms in total. The molecule has 0 aromatic heterocycles. The van der Waals surface area contributed by atoms with Crippen LogP contribution in [0.2, 0.25) is 5.02 Å². The molecule has 0 bridgehead atoms. The lowest BCUT2D eigenvalue weighted by Crippen LogP contribution is -2.01. The first-order chi connectivity index (χ1) is 7.24. The summed E-state index contributed by atoms with van der Waals surface area (Å²) in [7, 11) is 1.69. The lowest BCUT2D eigenvalue weighted by Gasteiger charge is -2.08. The lowest BCUT2D eigenvalue weighted by atomic mass is 10.3. The summed E-state index contributed by atoms with van der Waals surface area (Å²) in [5, 5.41) is 0.635. The molecule has 84 valence electrons. The Balaban J connectivity index is 2.33. The van der Waals surface area contributed by atoms with Gasteiger partial charge in [0.15, 0.2) is 0 Å². The predicted octanol–water partition coefficient (Wildman–Crippen LogP) is 2.73. The van der Waals surface area contributed by atoms with Crippen LogP contribution in [-0.4, -0.2) is 20.3 Å². The Morgan fingerprint density at radius 3 is 2.73 bits per heavy atom. The summed E-state index contributed by atoms with van der Waals surface area (Å²) in [6.07, 6.45) is 1.93. The van der Waals surface area contributed by atoms with Crippen LogP contribution in [0.3, 0.4) is 0 Å². The van der Waals surface area contributed by atoms with Crippen LogP contribution in [0.15, 0.2) is 18.2 Å². The van der Waals surface area contributed by atoms with Crippen molar-refractivity contribution in [3.05, 3.63) is 23.2 Å². The summed E-state index contributed by atoms with van der Waals surface area (Å²) in [5.41, 5.74) is 6.34. The number of ether oxygens (including phenoxy) is 2. The van der Waals surface area contributed by atoms with Gasteiger partial charge in [-0.1, -0.05) is 11.6 Å². The minimum Gasteiger partial charge on any atom is -0.491 e. The predicted molar refractivity (Wildman–Crippen MR) is 62.5 cm³/mol. The summed E-state index contributed by atoms with van der Waals surface area (Å²) >= 11 is 5.82. The van der Waals surface area contributed by atoms with Crippen LogP contribution < -0.4 is 10.5 Å². The summed E-state index contributed by atoms with van der Waals surface area (Å²) in [4.78, 5) is 0. The molecule has 0 amide bonds. The third kappa shape index (κ3) is 4.40. The van der Waals surface area contributed by atoms with E-state index in [-0.39, 0.29) is 0 Å². The minimum atomic E-state index is 0.617. The van der Waals surface area contributed by atoms with E-state index in [4.69, 9.17) is 26.8 Å². The largest absolute Gasteiger partial charge is 0.491 e. The van der Waals surface area contributed by atoms with E-state index in [2.05, 4.69) is 0 Å². The van der Waals surface area contributed by atoms with Crippen molar-refractivity contribution in [3.8, 4) is 5.75 Å². The SMILES string of the molecule is COCCCCOc1cc(Cl)ccc1N. The Morgan fingerprint density at radius 2 is 2.00 bits per heavy atom. The van der Waals surface area contributed by atoms with Gasteiger partial charge in [-0.15, -0.1) is 0 Å². The smallest absolute Gasteiger partial charge is 0.143 e. The van der Waals surface area contributed by atoms with Gasteiger partial charge in [0.25, 0.3) is 0 Å². The van der Waals surface area contributed by atoms with Crippen LogP contribution >= 0.6 is 11.6 Å². The van der Waals surface area contributed by atoms with Crippen molar-refractivity contribution in [1.82, 2.24) is 0 Å². The van der Waals surface area contributed by atoms with E-state index < -0.39 is 0 Å². The number of nitrogen functional groups attached to an aromatic ring is 1. The standard InChI is InChI=1S/C11H16ClNO2/c1-14-6-2-3-7-15-11-8-9(12)4-5-10(11)13/h4-5,8H,2-3,6-7,13H2,1H3. The van der Waals surface area contributed by atoms with Crippen molar-refractivity contribution >= 4 is 17.3 Å². The molecule has 1 rings (SSSR count). The highest BCUT2D eigenvalue weighted by atomic mass is 35.5. The van der Waals surface area contributed by atoms with Gasteiger partial charge >= 0.3 is 0 Å². The summed E-state index contributed by atoms with van der Waals surface area (Å²) < 4.78 is 10.4. The van der Waals surface area contributed by atoms with Crippen molar-refractivity contribution in [3.63, 3.8) is 0 Å². The average Bonchev–Trinajstić information content (AvgIpc) is 2.23. The molecule has 0 fully saturated rings. The maximum atomic E-state index is 5.82. The van der Waals surface area contributed by atoms with Crippen LogP contribution in [0, 0.1) is 0 Å². The zero-order valence-electron chi connectivity index (χ0n) is 8.83. The second-order valence-electron chi connectivity index (χ2n) is 3.23. The molecule has 0 spiro atoms. The van der Waals surface area contributed by atoms with E-state index in [1.165, 1.54) is 0 Å².